The van der Waals surface area contributed by atoms with E-state index in [1.54, 1.807) is 0 Å². The largest absolute Gasteiger partial charge is 0.481 e. The van der Waals surface area contributed by atoms with Crippen LogP contribution in [0.4, 0.5) is 0 Å². The number of hydrogen-bond donors (Lipinski definition) is 2. The van der Waals surface area contributed by atoms with E-state index in [-0.39, 0.29) is 6.42 Å². The number of carboxylic acids is 1. The first-order valence-corrected chi connectivity index (χ1v) is 7.88. The number of thiophene rings is 1. The molecule has 0 aliphatic carbocycles. The van der Waals surface area contributed by atoms with Crippen LogP contribution in [-0.2, 0) is 9.59 Å². The van der Waals surface area contributed by atoms with Crippen molar-refractivity contribution in [1.29, 1.82) is 0 Å². The summed E-state index contributed by atoms with van der Waals surface area (Å²) < 4.78 is 0. The molecule has 1 aromatic carbocycles. The van der Waals surface area contributed by atoms with Gasteiger partial charge in [0.05, 0.1) is 5.92 Å². The van der Waals surface area contributed by atoms with Gasteiger partial charge in [-0.1, -0.05) is 17.7 Å². The summed E-state index contributed by atoms with van der Waals surface area (Å²) in [7, 11) is 0. The van der Waals surface area contributed by atoms with Gasteiger partial charge in [0.15, 0.2) is 0 Å². The number of halogens is 1. The Bertz CT molecular complexity index is 852. The van der Waals surface area contributed by atoms with Gasteiger partial charge >= 0.3 is 5.97 Å². The Morgan fingerprint density at radius 1 is 1.41 bits per heavy atom. The summed E-state index contributed by atoms with van der Waals surface area (Å²) >= 11 is 7.33. The summed E-state index contributed by atoms with van der Waals surface area (Å²) in [5, 5.41) is 12.8. The molecule has 2 heterocycles. The maximum absolute atomic E-state index is 11.3. The summed E-state index contributed by atoms with van der Waals surface area (Å²) in [6.07, 6.45) is 2.51. The minimum absolute atomic E-state index is 0.0151. The summed E-state index contributed by atoms with van der Waals surface area (Å²) in [6.45, 7) is 0. The van der Waals surface area contributed by atoms with E-state index in [4.69, 9.17) is 11.6 Å². The van der Waals surface area contributed by atoms with Crippen LogP contribution in [0.25, 0.3) is 22.0 Å². The van der Waals surface area contributed by atoms with Gasteiger partial charge in [0.2, 0.25) is 0 Å². The highest BCUT2D eigenvalue weighted by Gasteiger charge is 2.22. The number of H-pyrrole nitrogens is 1. The lowest BCUT2D eigenvalue weighted by molar-refractivity contribution is -0.139. The molecule has 0 bridgehead atoms. The molecule has 0 spiro atoms. The second-order valence-electron chi connectivity index (χ2n) is 4.92. The Hall–Kier alpha value is -2.11. The molecule has 112 valence electrons. The second-order valence-corrected chi connectivity index (χ2v) is 6.30. The van der Waals surface area contributed by atoms with Crippen molar-refractivity contribution in [1.82, 2.24) is 4.98 Å². The zero-order chi connectivity index (χ0) is 15.7. The molecule has 22 heavy (non-hydrogen) atoms. The lowest BCUT2D eigenvalue weighted by Crippen LogP contribution is -2.10. The van der Waals surface area contributed by atoms with Crippen molar-refractivity contribution < 1.29 is 14.7 Å². The molecular formula is C16H12ClNO3S. The van der Waals surface area contributed by atoms with Crippen LogP contribution in [0.5, 0.6) is 0 Å². The Balaban J connectivity index is 2.02. The number of fused-ring (bicyclic) bond motifs is 1. The molecule has 3 rings (SSSR count). The molecule has 0 fully saturated rings. The molecular weight excluding hydrogens is 322 g/mol. The zero-order valence-corrected chi connectivity index (χ0v) is 12.9. The molecule has 0 radical (unpaired) electrons. The van der Waals surface area contributed by atoms with Gasteiger partial charge in [-0.15, -0.1) is 11.3 Å². The van der Waals surface area contributed by atoms with Gasteiger partial charge in [0, 0.05) is 39.0 Å². The number of hydrogen-bond acceptors (Lipinski definition) is 3. The number of nitrogens with one attached hydrogen (secondary N) is 1. The fraction of sp³-hybridized carbons (Fsp3) is 0.125. The normalized spacial score (nSPS) is 12.4. The third-order valence-electron chi connectivity index (χ3n) is 3.55. The Labute approximate surface area is 135 Å². The fourth-order valence-corrected chi connectivity index (χ4v) is 3.64. The SMILES string of the molecule is O=CCC(C(=O)O)c1cc(-c2c[nH]c3cc(Cl)ccc23)cs1. The molecule has 0 saturated heterocycles. The molecule has 0 aliphatic rings. The monoisotopic (exact) mass is 333 g/mol. The highest BCUT2D eigenvalue weighted by Crippen LogP contribution is 2.35. The topological polar surface area (TPSA) is 70.2 Å². The first kappa shape index (κ1) is 14.8. The van der Waals surface area contributed by atoms with Crippen LogP contribution >= 0.6 is 22.9 Å². The predicted octanol–water partition coefficient (Wildman–Crippen LogP) is 4.31. The van der Waals surface area contributed by atoms with Crippen LogP contribution in [0.1, 0.15) is 17.2 Å². The van der Waals surface area contributed by atoms with Gasteiger partial charge in [-0.05, 0) is 29.1 Å². The second kappa shape index (κ2) is 5.94. The molecule has 2 N–H and O–H groups in total. The van der Waals surface area contributed by atoms with Crippen molar-refractivity contribution >= 4 is 46.1 Å². The third kappa shape index (κ3) is 2.65. The lowest BCUT2D eigenvalue weighted by Gasteiger charge is -2.05. The average Bonchev–Trinajstić information content (AvgIpc) is 3.10. The van der Waals surface area contributed by atoms with Gasteiger partial charge in [-0.25, -0.2) is 0 Å². The van der Waals surface area contributed by atoms with Gasteiger partial charge in [0.1, 0.15) is 6.29 Å². The Morgan fingerprint density at radius 2 is 2.23 bits per heavy atom. The minimum atomic E-state index is -0.980. The standard InChI is InChI=1S/C16H12ClNO3S/c17-10-1-2-11-13(7-18-14(11)6-10)9-5-15(22-8-9)12(3-4-19)16(20)21/h1-2,4-8,12,18H,3H2,(H,20,21). The number of carbonyl (C=O) groups is 2. The van der Waals surface area contributed by atoms with Gasteiger partial charge in [-0.2, -0.15) is 0 Å². The van der Waals surface area contributed by atoms with Gasteiger partial charge in [-0.3, -0.25) is 4.79 Å². The van der Waals surface area contributed by atoms with Crippen LogP contribution in [0.15, 0.2) is 35.8 Å². The van der Waals surface area contributed by atoms with E-state index in [1.165, 1.54) is 11.3 Å². The van der Waals surface area contributed by atoms with E-state index < -0.39 is 11.9 Å². The van der Waals surface area contributed by atoms with Crippen LogP contribution < -0.4 is 0 Å². The molecule has 0 amide bonds. The van der Waals surface area contributed by atoms with Crippen molar-refractivity contribution in [2.45, 2.75) is 12.3 Å². The minimum Gasteiger partial charge on any atom is -0.481 e. The smallest absolute Gasteiger partial charge is 0.312 e. The zero-order valence-electron chi connectivity index (χ0n) is 11.4. The van der Waals surface area contributed by atoms with Gasteiger partial charge < -0.3 is 14.9 Å². The summed E-state index contributed by atoms with van der Waals surface area (Å²) in [5.74, 6) is -1.76. The van der Waals surface area contributed by atoms with Crippen molar-refractivity contribution in [3.8, 4) is 11.1 Å². The van der Waals surface area contributed by atoms with Crippen LogP contribution in [-0.4, -0.2) is 22.3 Å². The molecule has 1 unspecified atom stereocenters. The average molecular weight is 334 g/mol. The Kier molecular flexibility index (Phi) is 4.00. The van der Waals surface area contributed by atoms with Crippen molar-refractivity contribution in [3.63, 3.8) is 0 Å². The third-order valence-corrected chi connectivity index (χ3v) is 4.83. The van der Waals surface area contributed by atoms with Crippen LogP contribution in [0, 0.1) is 0 Å². The van der Waals surface area contributed by atoms with E-state index in [9.17, 15) is 14.7 Å². The quantitative estimate of drug-likeness (QED) is 0.683. The summed E-state index contributed by atoms with van der Waals surface area (Å²) in [5.41, 5.74) is 2.85. The number of aliphatic carboxylic acids is 1. The van der Waals surface area contributed by atoms with E-state index in [2.05, 4.69) is 4.98 Å². The highest BCUT2D eigenvalue weighted by atomic mass is 35.5. The van der Waals surface area contributed by atoms with Crippen molar-refractivity contribution in [2.24, 2.45) is 0 Å². The summed E-state index contributed by atoms with van der Waals surface area (Å²) in [6, 6.07) is 7.44. The molecule has 2 aromatic heterocycles. The fourth-order valence-electron chi connectivity index (χ4n) is 2.45. The number of carbonyl (C=O) groups excluding carboxylic acids is 1. The Morgan fingerprint density at radius 3 is 2.95 bits per heavy atom. The van der Waals surface area contributed by atoms with E-state index in [1.807, 2.05) is 35.8 Å². The number of rotatable bonds is 5. The van der Waals surface area contributed by atoms with Crippen molar-refractivity contribution in [3.05, 3.63) is 45.7 Å². The predicted molar refractivity (Wildman–Crippen MR) is 87.7 cm³/mol. The van der Waals surface area contributed by atoms with Crippen LogP contribution in [0.3, 0.4) is 0 Å². The molecule has 0 aliphatic heterocycles. The molecule has 6 heteroatoms. The van der Waals surface area contributed by atoms with Gasteiger partial charge in [0.25, 0.3) is 0 Å². The number of aldehydes is 1. The number of benzene rings is 1. The number of aromatic nitrogens is 1. The molecule has 0 saturated carbocycles. The maximum atomic E-state index is 11.3. The van der Waals surface area contributed by atoms with E-state index in [0.717, 1.165) is 22.0 Å². The molecule has 3 aromatic rings. The van der Waals surface area contributed by atoms with E-state index in [0.29, 0.717) is 16.2 Å². The van der Waals surface area contributed by atoms with Crippen molar-refractivity contribution in [2.75, 3.05) is 0 Å². The first-order valence-electron chi connectivity index (χ1n) is 6.62. The molecule has 1 atom stereocenters. The first-order chi connectivity index (χ1) is 10.6. The van der Waals surface area contributed by atoms with Crippen LogP contribution in [0.2, 0.25) is 5.02 Å². The number of carboxylic acid groups (broad SMARTS) is 1. The van der Waals surface area contributed by atoms with E-state index >= 15 is 0 Å². The lowest BCUT2D eigenvalue weighted by atomic mass is 10.0. The highest BCUT2D eigenvalue weighted by molar-refractivity contribution is 7.10. The summed E-state index contributed by atoms with van der Waals surface area (Å²) in [4.78, 5) is 25.8. The number of aromatic amines is 1. The molecule has 4 nitrogen and oxygen atoms in total. The maximum Gasteiger partial charge on any atom is 0.312 e.